The number of amides is 2. The third-order valence-corrected chi connectivity index (χ3v) is 4.46. The van der Waals surface area contributed by atoms with Gasteiger partial charge in [-0.2, -0.15) is 5.10 Å². The molecule has 1 aromatic heterocycles. The fourth-order valence-electron chi connectivity index (χ4n) is 3.66. The molecule has 0 aliphatic heterocycles. The molecule has 1 heterocycles. The number of anilines is 1. The predicted octanol–water partition coefficient (Wildman–Crippen LogP) is 1.04. The van der Waals surface area contributed by atoms with Crippen LogP contribution in [0.5, 0.6) is 0 Å². The van der Waals surface area contributed by atoms with Gasteiger partial charge in [0.05, 0.1) is 17.8 Å². The van der Waals surface area contributed by atoms with Crippen LogP contribution in [0, 0.1) is 17.8 Å². The lowest BCUT2D eigenvalue weighted by Crippen LogP contribution is -2.48. The maximum Gasteiger partial charge on any atom is 0.319 e. The molecular weight excluding hydrogens is 260 g/mol. The Labute approximate surface area is 116 Å². The fourth-order valence-corrected chi connectivity index (χ4v) is 3.66. The van der Waals surface area contributed by atoms with E-state index in [-0.39, 0.29) is 18.0 Å². The topological polar surface area (TPSA) is 96.2 Å². The number of aromatic nitrogens is 2. The number of aryl methyl sites for hydroxylation is 1. The van der Waals surface area contributed by atoms with Crippen LogP contribution < -0.4 is 10.6 Å². The van der Waals surface area contributed by atoms with Crippen LogP contribution in [0.4, 0.5) is 10.5 Å². The summed E-state index contributed by atoms with van der Waals surface area (Å²) < 4.78 is 1.59. The summed E-state index contributed by atoms with van der Waals surface area (Å²) >= 11 is 0. The van der Waals surface area contributed by atoms with Gasteiger partial charge < -0.3 is 15.7 Å². The number of hydrogen-bond acceptors (Lipinski definition) is 3. The zero-order chi connectivity index (χ0) is 14.3. The number of carbonyl (C=O) groups is 2. The van der Waals surface area contributed by atoms with Gasteiger partial charge in [-0.15, -0.1) is 0 Å². The van der Waals surface area contributed by atoms with Crippen LogP contribution in [0.25, 0.3) is 0 Å². The highest BCUT2D eigenvalue weighted by molar-refractivity contribution is 5.89. The van der Waals surface area contributed by atoms with E-state index in [0.29, 0.717) is 11.6 Å². The van der Waals surface area contributed by atoms with E-state index in [1.807, 2.05) is 0 Å². The maximum atomic E-state index is 12.0. The molecule has 0 radical (unpaired) electrons. The molecule has 2 aliphatic carbocycles. The minimum Gasteiger partial charge on any atom is -0.481 e. The monoisotopic (exact) mass is 278 g/mol. The summed E-state index contributed by atoms with van der Waals surface area (Å²) in [4.78, 5) is 23.3. The smallest absolute Gasteiger partial charge is 0.319 e. The highest BCUT2D eigenvalue weighted by Gasteiger charge is 2.51. The van der Waals surface area contributed by atoms with E-state index in [9.17, 15) is 14.7 Å². The SMILES string of the molecule is Cn1cc(NC(=O)NC2C3CCC(C3)C2C(=O)O)cn1. The molecule has 4 unspecified atom stereocenters. The molecule has 4 atom stereocenters. The number of rotatable bonds is 3. The molecule has 2 fully saturated rings. The lowest BCUT2D eigenvalue weighted by atomic mass is 9.84. The lowest BCUT2D eigenvalue weighted by molar-refractivity contribution is -0.144. The number of hydrogen-bond donors (Lipinski definition) is 3. The summed E-state index contributed by atoms with van der Waals surface area (Å²) in [6.07, 6.45) is 6.12. The molecule has 3 rings (SSSR count). The van der Waals surface area contributed by atoms with Gasteiger partial charge >= 0.3 is 12.0 Å². The van der Waals surface area contributed by atoms with Gasteiger partial charge in [-0.05, 0) is 31.1 Å². The van der Waals surface area contributed by atoms with E-state index in [2.05, 4.69) is 15.7 Å². The van der Waals surface area contributed by atoms with Gasteiger partial charge in [-0.3, -0.25) is 9.48 Å². The Balaban J connectivity index is 1.64. The van der Waals surface area contributed by atoms with Gasteiger partial charge in [0.15, 0.2) is 0 Å². The van der Waals surface area contributed by atoms with Crippen molar-refractivity contribution in [1.29, 1.82) is 0 Å². The average molecular weight is 278 g/mol. The number of fused-ring (bicyclic) bond motifs is 2. The molecule has 2 aliphatic rings. The summed E-state index contributed by atoms with van der Waals surface area (Å²) in [6.45, 7) is 0. The quantitative estimate of drug-likeness (QED) is 0.769. The minimum atomic E-state index is -0.802. The van der Waals surface area contributed by atoms with Crippen molar-refractivity contribution in [2.45, 2.75) is 25.3 Å². The van der Waals surface area contributed by atoms with Gasteiger partial charge in [0.25, 0.3) is 0 Å². The molecule has 20 heavy (non-hydrogen) atoms. The molecule has 0 aromatic carbocycles. The number of nitrogens with one attached hydrogen (secondary N) is 2. The summed E-state index contributed by atoms with van der Waals surface area (Å²) in [5, 5.41) is 18.8. The minimum absolute atomic E-state index is 0.209. The van der Waals surface area contributed by atoms with Crippen molar-refractivity contribution in [2.75, 3.05) is 5.32 Å². The number of carboxylic acid groups (broad SMARTS) is 1. The van der Waals surface area contributed by atoms with Crippen molar-refractivity contribution < 1.29 is 14.7 Å². The van der Waals surface area contributed by atoms with Crippen molar-refractivity contribution >= 4 is 17.7 Å². The second-order valence-electron chi connectivity index (χ2n) is 5.72. The number of urea groups is 1. The molecule has 7 heteroatoms. The third-order valence-electron chi connectivity index (χ3n) is 4.46. The van der Waals surface area contributed by atoms with Gasteiger partial charge in [0.1, 0.15) is 0 Å². The van der Waals surface area contributed by atoms with E-state index in [1.165, 1.54) is 0 Å². The Bertz CT molecular complexity index is 541. The molecule has 108 valence electrons. The maximum absolute atomic E-state index is 12.0. The second kappa shape index (κ2) is 4.81. The van der Waals surface area contributed by atoms with Crippen molar-refractivity contribution in [1.82, 2.24) is 15.1 Å². The number of carbonyl (C=O) groups excluding carboxylic acids is 1. The van der Waals surface area contributed by atoms with Crippen LogP contribution in [0.3, 0.4) is 0 Å². The molecule has 0 spiro atoms. The van der Waals surface area contributed by atoms with Crippen molar-refractivity contribution in [3.05, 3.63) is 12.4 Å². The predicted molar refractivity (Wildman–Crippen MR) is 71.1 cm³/mol. The van der Waals surface area contributed by atoms with E-state index in [0.717, 1.165) is 19.3 Å². The number of aliphatic carboxylic acids is 1. The lowest BCUT2D eigenvalue weighted by Gasteiger charge is -2.28. The van der Waals surface area contributed by atoms with E-state index >= 15 is 0 Å². The summed E-state index contributed by atoms with van der Waals surface area (Å²) in [7, 11) is 1.76. The summed E-state index contributed by atoms with van der Waals surface area (Å²) in [5.41, 5.74) is 0.597. The Hall–Kier alpha value is -2.05. The molecular formula is C13H18N4O3. The van der Waals surface area contributed by atoms with E-state index < -0.39 is 11.9 Å². The highest BCUT2D eigenvalue weighted by atomic mass is 16.4. The molecule has 2 saturated carbocycles. The summed E-state index contributed by atoms with van der Waals surface area (Å²) in [5.74, 6) is -0.751. The average Bonchev–Trinajstić information content (AvgIpc) is 3.04. The molecule has 7 nitrogen and oxygen atoms in total. The van der Waals surface area contributed by atoms with Crippen LogP contribution in [0.15, 0.2) is 12.4 Å². The van der Waals surface area contributed by atoms with Gasteiger partial charge in [0, 0.05) is 19.3 Å². The van der Waals surface area contributed by atoms with Gasteiger partial charge in [-0.1, -0.05) is 0 Å². The van der Waals surface area contributed by atoms with Crippen LogP contribution >= 0.6 is 0 Å². The second-order valence-corrected chi connectivity index (χ2v) is 5.72. The first-order chi connectivity index (χ1) is 9.54. The molecule has 1 aromatic rings. The third kappa shape index (κ3) is 2.23. The fraction of sp³-hybridized carbons (Fsp3) is 0.615. The van der Waals surface area contributed by atoms with E-state index in [4.69, 9.17) is 0 Å². The molecule has 2 amide bonds. The van der Waals surface area contributed by atoms with E-state index in [1.54, 1.807) is 24.1 Å². The van der Waals surface area contributed by atoms with Crippen LogP contribution in [-0.4, -0.2) is 32.9 Å². The number of nitrogens with zero attached hydrogens (tertiary/aromatic N) is 2. The Kier molecular flexibility index (Phi) is 3.11. The first kappa shape index (κ1) is 13.0. The molecule has 0 saturated heterocycles. The highest BCUT2D eigenvalue weighted by Crippen LogP contribution is 2.48. The van der Waals surface area contributed by atoms with Gasteiger partial charge in [-0.25, -0.2) is 4.79 Å². The van der Waals surface area contributed by atoms with Crippen molar-refractivity contribution in [3.63, 3.8) is 0 Å². The van der Waals surface area contributed by atoms with Crippen molar-refractivity contribution in [2.24, 2.45) is 24.8 Å². The largest absolute Gasteiger partial charge is 0.481 e. The van der Waals surface area contributed by atoms with Gasteiger partial charge in [0.2, 0.25) is 0 Å². The van der Waals surface area contributed by atoms with Crippen LogP contribution in [0.2, 0.25) is 0 Å². The standard InChI is InChI=1S/C13H18N4O3/c1-17-6-9(5-14-17)15-13(20)16-11-8-3-2-7(4-8)10(11)12(18)19/h5-8,10-11H,2-4H2,1H3,(H,18,19)(H2,15,16,20). The van der Waals surface area contributed by atoms with Crippen LogP contribution in [0.1, 0.15) is 19.3 Å². The first-order valence-electron chi connectivity index (χ1n) is 6.83. The normalized spacial score (nSPS) is 31.2. The Morgan fingerprint density at radius 3 is 2.80 bits per heavy atom. The Morgan fingerprint density at radius 2 is 2.15 bits per heavy atom. The summed E-state index contributed by atoms with van der Waals surface area (Å²) in [6, 6.07) is -0.621. The first-order valence-corrected chi connectivity index (χ1v) is 6.83. The zero-order valence-corrected chi connectivity index (χ0v) is 11.2. The number of carboxylic acids is 1. The van der Waals surface area contributed by atoms with Crippen molar-refractivity contribution in [3.8, 4) is 0 Å². The Morgan fingerprint density at radius 1 is 1.40 bits per heavy atom. The molecule has 2 bridgehead atoms. The molecule has 3 N–H and O–H groups in total. The zero-order valence-electron chi connectivity index (χ0n) is 11.2. The van der Waals surface area contributed by atoms with Crippen LogP contribution in [-0.2, 0) is 11.8 Å².